The molecule has 0 aromatic carbocycles. The van der Waals surface area contributed by atoms with Crippen LogP contribution in [0.3, 0.4) is 0 Å². The van der Waals surface area contributed by atoms with Crippen LogP contribution in [0.15, 0.2) is 0 Å². The van der Waals surface area contributed by atoms with Gasteiger partial charge in [-0.3, -0.25) is 0 Å². The van der Waals surface area contributed by atoms with E-state index < -0.39 is 0 Å². The van der Waals surface area contributed by atoms with E-state index in [1.54, 1.807) is 0 Å². The average molecular weight is 156 g/mol. The van der Waals surface area contributed by atoms with E-state index >= 15 is 0 Å². The summed E-state index contributed by atoms with van der Waals surface area (Å²) < 4.78 is 0. The van der Waals surface area contributed by atoms with Gasteiger partial charge in [0, 0.05) is 0 Å². The molecule has 0 aromatic rings. The summed E-state index contributed by atoms with van der Waals surface area (Å²) in [5.74, 6) is 1.73. The molecule has 0 saturated carbocycles. The molecular formula is C9H20N2. The highest BCUT2D eigenvalue weighted by atomic mass is 14.9. The fourth-order valence-electron chi connectivity index (χ4n) is 1.85. The highest BCUT2D eigenvalue weighted by Crippen LogP contribution is 2.18. The van der Waals surface area contributed by atoms with Crippen molar-refractivity contribution in [1.82, 2.24) is 10.6 Å². The van der Waals surface area contributed by atoms with Crippen molar-refractivity contribution in [3.8, 4) is 0 Å². The second-order valence-corrected chi connectivity index (χ2v) is 3.64. The predicted molar refractivity (Wildman–Crippen MR) is 48.7 cm³/mol. The van der Waals surface area contributed by atoms with E-state index in [0.29, 0.717) is 0 Å². The first kappa shape index (κ1) is 9.01. The molecule has 1 aliphatic heterocycles. The van der Waals surface area contributed by atoms with Gasteiger partial charge >= 0.3 is 0 Å². The Bertz CT molecular complexity index is 97.7. The van der Waals surface area contributed by atoms with Gasteiger partial charge in [0.2, 0.25) is 0 Å². The van der Waals surface area contributed by atoms with Crippen LogP contribution in [0, 0.1) is 11.8 Å². The van der Waals surface area contributed by atoms with Gasteiger partial charge in [-0.1, -0.05) is 6.92 Å². The van der Waals surface area contributed by atoms with Crippen LogP contribution in [0.5, 0.6) is 0 Å². The first-order chi connectivity index (χ1) is 5.34. The lowest BCUT2D eigenvalue weighted by Gasteiger charge is -2.28. The second kappa shape index (κ2) is 4.73. The van der Waals surface area contributed by atoms with E-state index in [4.69, 9.17) is 0 Å². The summed E-state index contributed by atoms with van der Waals surface area (Å²) >= 11 is 0. The van der Waals surface area contributed by atoms with E-state index in [0.717, 1.165) is 18.4 Å². The molecule has 66 valence electrons. The van der Waals surface area contributed by atoms with Crippen molar-refractivity contribution in [2.24, 2.45) is 11.8 Å². The lowest BCUT2D eigenvalue weighted by molar-refractivity contribution is 0.276. The first-order valence-electron chi connectivity index (χ1n) is 4.70. The van der Waals surface area contributed by atoms with Gasteiger partial charge in [-0.05, 0) is 51.4 Å². The molecule has 2 unspecified atom stereocenters. The molecule has 1 aliphatic rings. The zero-order valence-electron chi connectivity index (χ0n) is 7.69. The van der Waals surface area contributed by atoms with Crippen molar-refractivity contribution in [2.45, 2.75) is 19.8 Å². The highest BCUT2D eigenvalue weighted by molar-refractivity contribution is 4.74. The third-order valence-corrected chi connectivity index (χ3v) is 2.67. The number of nitrogens with one attached hydrogen (secondary N) is 2. The van der Waals surface area contributed by atoms with Crippen LogP contribution in [0.25, 0.3) is 0 Å². The molecule has 2 N–H and O–H groups in total. The molecule has 1 saturated heterocycles. The fourth-order valence-corrected chi connectivity index (χ4v) is 1.85. The summed E-state index contributed by atoms with van der Waals surface area (Å²) in [6.07, 6.45) is 2.77. The maximum atomic E-state index is 3.45. The Hall–Kier alpha value is -0.0800. The Morgan fingerprint density at radius 2 is 2.45 bits per heavy atom. The van der Waals surface area contributed by atoms with Crippen molar-refractivity contribution < 1.29 is 0 Å². The minimum Gasteiger partial charge on any atom is -0.319 e. The summed E-state index contributed by atoms with van der Waals surface area (Å²) in [4.78, 5) is 0. The normalized spacial score (nSPS) is 28.4. The van der Waals surface area contributed by atoms with Gasteiger partial charge in [0.1, 0.15) is 0 Å². The Balaban J connectivity index is 2.21. The standard InChI is InChI=1S/C9H20N2/c1-8(6-10-2)9-4-3-5-11-7-9/h8-11H,3-7H2,1-2H3. The zero-order chi connectivity index (χ0) is 8.10. The lowest BCUT2D eigenvalue weighted by atomic mass is 9.87. The minimum absolute atomic E-state index is 0.827. The van der Waals surface area contributed by atoms with E-state index in [-0.39, 0.29) is 0 Å². The molecule has 1 rings (SSSR count). The number of piperidine rings is 1. The predicted octanol–water partition coefficient (Wildman–Crippen LogP) is 0.841. The maximum Gasteiger partial charge on any atom is -0.00175 e. The molecule has 0 aliphatic carbocycles. The molecular weight excluding hydrogens is 136 g/mol. The molecule has 2 nitrogen and oxygen atoms in total. The van der Waals surface area contributed by atoms with E-state index in [1.807, 2.05) is 7.05 Å². The zero-order valence-corrected chi connectivity index (χ0v) is 7.69. The Morgan fingerprint density at radius 1 is 1.64 bits per heavy atom. The van der Waals surface area contributed by atoms with E-state index in [1.165, 1.54) is 25.9 Å². The number of hydrogen-bond acceptors (Lipinski definition) is 2. The minimum atomic E-state index is 0.827. The van der Waals surface area contributed by atoms with Gasteiger partial charge < -0.3 is 10.6 Å². The smallest absolute Gasteiger partial charge is 0.00175 e. The maximum absolute atomic E-state index is 3.45. The monoisotopic (exact) mass is 156 g/mol. The summed E-state index contributed by atoms with van der Waals surface area (Å²) in [7, 11) is 2.03. The summed E-state index contributed by atoms with van der Waals surface area (Å²) in [6, 6.07) is 0. The van der Waals surface area contributed by atoms with Crippen molar-refractivity contribution in [2.75, 3.05) is 26.7 Å². The van der Waals surface area contributed by atoms with Crippen molar-refractivity contribution in [1.29, 1.82) is 0 Å². The van der Waals surface area contributed by atoms with Crippen LogP contribution in [0.2, 0.25) is 0 Å². The average Bonchev–Trinajstić information content (AvgIpc) is 2.07. The van der Waals surface area contributed by atoms with Crippen LogP contribution >= 0.6 is 0 Å². The van der Waals surface area contributed by atoms with Gasteiger partial charge in [-0.25, -0.2) is 0 Å². The molecule has 0 amide bonds. The van der Waals surface area contributed by atoms with Crippen LogP contribution < -0.4 is 10.6 Å². The SMILES string of the molecule is CNCC(C)C1CCCNC1. The Morgan fingerprint density at radius 3 is 3.00 bits per heavy atom. The van der Waals surface area contributed by atoms with Crippen LogP contribution in [0.4, 0.5) is 0 Å². The summed E-state index contributed by atoms with van der Waals surface area (Å²) in [5, 5.41) is 6.68. The first-order valence-corrected chi connectivity index (χ1v) is 4.70. The largest absolute Gasteiger partial charge is 0.319 e. The topological polar surface area (TPSA) is 24.1 Å². The lowest BCUT2D eigenvalue weighted by Crippen LogP contribution is -2.36. The molecule has 0 aromatic heterocycles. The molecule has 11 heavy (non-hydrogen) atoms. The fraction of sp³-hybridized carbons (Fsp3) is 1.00. The second-order valence-electron chi connectivity index (χ2n) is 3.64. The van der Waals surface area contributed by atoms with Gasteiger partial charge in [0.05, 0.1) is 0 Å². The summed E-state index contributed by atoms with van der Waals surface area (Å²) in [6.45, 7) is 5.95. The Labute approximate surface area is 69.8 Å². The van der Waals surface area contributed by atoms with Crippen LogP contribution in [0.1, 0.15) is 19.8 Å². The van der Waals surface area contributed by atoms with Gasteiger partial charge in [0.15, 0.2) is 0 Å². The molecule has 1 heterocycles. The van der Waals surface area contributed by atoms with Gasteiger partial charge in [-0.15, -0.1) is 0 Å². The molecule has 1 fully saturated rings. The highest BCUT2D eigenvalue weighted by Gasteiger charge is 2.18. The van der Waals surface area contributed by atoms with E-state index in [2.05, 4.69) is 17.6 Å². The molecule has 0 bridgehead atoms. The summed E-state index contributed by atoms with van der Waals surface area (Å²) in [5.41, 5.74) is 0. The molecule has 2 heteroatoms. The van der Waals surface area contributed by atoms with Crippen molar-refractivity contribution in [3.63, 3.8) is 0 Å². The third kappa shape index (κ3) is 2.80. The molecule has 0 spiro atoms. The Kier molecular flexibility index (Phi) is 3.87. The van der Waals surface area contributed by atoms with E-state index in [9.17, 15) is 0 Å². The quantitative estimate of drug-likeness (QED) is 0.633. The third-order valence-electron chi connectivity index (χ3n) is 2.67. The van der Waals surface area contributed by atoms with Crippen LogP contribution in [-0.2, 0) is 0 Å². The molecule has 2 atom stereocenters. The van der Waals surface area contributed by atoms with Gasteiger partial charge in [0.25, 0.3) is 0 Å². The van der Waals surface area contributed by atoms with Gasteiger partial charge in [-0.2, -0.15) is 0 Å². The number of rotatable bonds is 3. The van der Waals surface area contributed by atoms with Crippen LogP contribution in [-0.4, -0.2) is 26.7 Å². The molecule has 0 radical (unpaired) electrons. The number of hydrogen-bond donors (Lipinski definition) is 2. The van der Waals surface area contributed by atoms with Crippen molar-refractivity contribution in [3.05, 3.63) is 0 Å². The van der Waals surface area contributed by atoms with Crippen molar-refractivity contribution >= 4 is 0 Å².